The van der Waals surface area contributed by atoms with Gasteiger partial charge in [-0.1, -0.05) is 24.3 Å². The number of nitrogens with one attached hydrogen (secondary N) is 1. The molecule has 0 aromatic heterocycles. The van der Waals surface area contributed by atoms with Gasteiger partial charge in [-0.2, -0.15) is 0 Å². The largest absolute Gasteiger partial charge is 0.463 e. The van der Waals surface area contributed by atoms with Crippen LogP contribution < -0.4 is 5.32 Å². The molecule has 0 saturated carbocycles. The summed E-state index contributed by atoms with van der Waals surface area (Å²) in [4.78, 5) is 11.2. The first-order valence-electron chi connectivity index (χ1n) is 7.04. The summed E-state index contributed by atoms with van der Waals surface area (Å²) in [6.07, 6.45) is 3.78. The first-order chi connectivity index (χ1) is 9.70. The van der Waals surface area contributed by atoms with Crippen molar-refractivity contribution in [2.24, 2.45) is 0 Å². The topological polar surface area (TPSA) is 58.6 Å². The van der Waals surface area contributed by atoms with Crippen LogP contribution in [-0.4, -0.2) is 36.9 Å². The fourth-order valence-electron chi connectivity index (χ4n) is 2.44. The van der Waals surface area contributed by atoms with E-state index < -0.39 is 0 Å². The normalized spacial score (nSPS) is 22.9. The Kier molecular flexibility index (Phi) is 5.32. The van der Waals surface area contributed by atoms with Crippen molar-refractivity contribution < 1.29 is 14.6 Å². The molecule has 1 saturated heterocycles. The molecule has 2 N–H and O–H groups in total. The highest BCUT2D eigenvalue weighted by Gasteiger charge is 2.23. The van der Waals surface area contributed by atoms with Gasteiger partial charge in [0.15, 0.2) is 0 Å². The molecule has 0 radical (unpaired) electrons. The molecule has 4 heteroatoms. The lowest BCUT2D eigenvalue weighted by molar-refractivity contribution is -0.137. The molecule has 1 aromatic carbocycles. The summed E-state index contributed by atoms with van der Waals surface area (Å²) in [7, 11) is 0. The van der Waals surface area contributed by atoms with E-state index in [9.17, 15) is 9.90 Å². The van der Waals surface area contributed by atoms with Gasteiger partial charge in [0.05, 0.1) is 12.7 Å². The van der Waals surface area contributed by atoms with Gasteiger partial charge in [-0.3, -0.25) is 0 Å². The molecule has 1 aromatic rings. The Bertz CT molecular complexity index is 467. The molecular weight excluding hydrogens is 254 g/mol. The van der Waals surface area contributed by atoms with Crippen molar-refractivity contribution in [1.82, 2.24) is 5.32 Å². The minimum absolute atomic E-state index is 0.194. The van der Waals surface area contributed by atoms with Crippen LogP contribution in [0.4, 0.5) is 0 Å². The molecule has 0 spiro atoms. The van der Waals surface area contributed by atoms with Crippen molar-refractivity contribution in [2.45, 2.75) is 25.4 Å². The second-order valence-electron chi connectivity index (χ2n) is 4.92. The summed E-state index contributed by atoms with van der Waals surface area (Å²) in [5, 5.41) is 13.2. The van der Waals surface area contributed by atoms with Crippen molar-refractivity contribution >= 4 is 12.0 Å². The molecule has 108 valence electrons. The quantitative estimate of drug-likeness (QED) is 0.648. The highest BCUT2D eigenvalue weighted by atomic mass is 16.5. The highest BCUT2D eigenvalue weighted by Crippen LogP contribution is 2.25. The van der Waals surface area contributed by atoms with Gasteiger partial charge < -0.3 is 15.2 Å². The van der Waals surface area contributed by atoms with Crippen LogP contribution in [0.1, 0.15) is 30.4 Å². The van der Waals surface area contributed by atoms with E-state index in [1.807, 2.05) is 24.3 Å². The van der Waals surface area contributed by atoms with E-state index in [1.54, 1.807) is 13.0 Å². The number of aliphatic hydroxyl groups is 1. The summed E-state index contributed by atoms with van der Waals surface area (Å²) in [6.45, 7) is 3.75. The smallest absolute Gasteiger partial charge is 0.330 e. The summed E-state index contributed by atoms with van der Waals surface area (Å²) in [5.74, 6) is -0.135. The Morgan fingerprint density at radius 3 is 2.85 bits per heavy atom. The van der Waals surface area contributed by atoms with Crippen LogP contribution in [0.25, 0.3) is 6.08 Å². The molecule has 2 unspecified atom stereocenters. The van der Waals surface area contributed by atoms with Crippen LogP contribution in [-0.2, 0) is 9.53 Å². The number of ether oxygens (including phenoxy) is 1. The monoisotopic (exact) mass is 275 g/mol. The number of hydrogen-bond acceptors (Lipinski definition) is 4. The molecule has 1 aliphatic heterocycles. The minimum Gasteiger partial charge on any atom is -0.463 e. The fourth-order valence-corrected chi connectivity index (χ4v) is 2.44. The van der Waals surface area contributed by atoms with Gasteiger partial charge >= 0.3 is 5.97 Å². The second kappa shape index (κ2) is 7.22. The number of aliphatic hydroxyl groups excluding tert-OH is 1. The number of carbonyl (C=O) groups is 1. The predicted octanol–water partition coefficient (Wildman–Crippen LogP) is 1.70. The third-order valence-electron chi connectivity index (χ3n) is 3.51. The zero-order valence-electron chi connectivity index (χ0n) is 11.7. The average Bonchev–Trinajstić information content (AvgIpc) is 2.47. The first-order valence-corrected chi connectivity index (χ1v) is 7.04. The first kappa shape index (κ1) is 14.8. The summed E-state index contributed by atoms with van der Waals surface area (Å²) in [5.41, 5.74) is 2.09. The van der Waals surface area contributed by atoms with Crippen LogP contribution in [0, 0.1) is 0 Å². The predicted molar refractivity (Wildman–Crippen MR) is 78.3 cm³/mol. The van der Waals surface area contributed by atoms with Crippen LogP contribution >= 0.6 is 0 Å². The molecule has 20 heavy (non-hydrogen) atoms. The Hall–Kier alpha value is -1.65. The van der Waals surface area contributed by atoms with Gasteiger partial charge in [0.1, 0.15) is 0 Å². The van der Waals surface area contributed by atoms with E-state index >= 15 is 0 Å². The van der Waals surface area contributed by atoms with Gasteiger partial charge in [-0.05, 0) is 37.1 Å². The molecule has 1 aliphatic rings. The van der Waals surface area contributed by atoms with Gasteiger partial charge in [0, 0.05) is 18.5 Å². The third kappa shape index (κ3) is 3.92. The van der Waals surface area contributed by atoms with Crippen LogP contribution in [0.5, 0.6) is 0 Å². The van der Waals surface area contributed by atoms with E-state index in [4.69, 9.17) is 4.74 Å². The molecule has 0 amide bonds. The van der Waals surface area contributed by atoms with E-state index in [0.29, 0.717) is 13.2 Å². The lowest BCUT2D eigenvalue weighted by Gasteiger charge is -2.28. The summed E-state index contributed by atoms with van der Waals surface area (Å²) < 4.78 is 4.83. The van der Waals surface area contributed by atoms with E-state index in [2.05, 4.69) is 5.32 Å². The van der Waals surface area contributed by atoms with Gasteiger partial charge in [0.2, 0.25) is 0 Å². The zero-order valence-corrected chi connectivity index (χ0v) is 11.7. The van der Waals surface area contributed by atoms with Crippen molar-refractivity contribution in [3.63, 3.8) is 0 Å². The van der Waals surface area contributed by atoms with Crippen molar-refractivity contribution in [3.05, 3.63) is 41.5 Å². The number of rotatable bonds is 4. The van der Waals surface area contributed by atoms with E-state index in [0.717, 1.165) is 24.1 Å². The second-order valence-corrected chi connectivity index (χ2v) is 4.92. The molecule has 2 rings (SSSR count). The molecule has 0 aliphatic carbocycles. The van der Waals surface area contributed by atoms with Crippen molar-refractivity contribution in [1.29, 1.82) is 0 Å². The van der Waals surface area contributed by atoms with Gasteiger partial charge in [-0.15, -0.1) is 0 Å². The average molecular weight is 275 g/mol. The van der Waals surface area contributed by atoms with Crippen molar-refractivity contribution in [2.75, 3.05) is 19.7 Å². The van der Waals surface area contributed by atoms with E-state index in [-0.39, 0.29) is 18.0 Å². The number of carbonyl (C=O) groups excluding carboxylic acids is 1. The minimum atomic E-state index is -0.329. The maximum absolute atomic E-state index is 11.2. The molecular formula is C16H21NO3. The Morgan fingerprint density at radius 2 is 2.20 bits per heavy atom. The number of esters is 1. The zero-order chi connectivity index (χ0) is 14.4. The lowest BCUT2D eigenvalue weighted by Crippen LogP contribution is -2.39. The maximum Gasteiger partial charge on any atom is 0.330 e. The van der Waals surface area contributed by atoms with Crippen LogP contribution in [0.3, 0.4) is 0 Å². The standard InChI is InChI=1S/C16H21NO3/c1-2-20-16(19)8-5-12-3-6-13(7-4-12)14-9-10-17-11-15(14)18/h3-8,14-15,17-18H,2,9-11H2,1H3. The molecule has 2 atom stereocenters. The third-order valence-corrected chi connectivity index (χ3v) is 3.51. The van der Waals surface area contributed by atoms with E-state index in [1.165, 1.54) is 6.08 Å². The maximum atomic E-state index is 11.2. The van der Waals surface area contributed by atoms with Crippen LogP contribution in [0.15, 0.2) is 30.3 Å². The molecule has 1 fully saturated rings. The number of hydrogen-bond donors (Lipinski definition) is 2. The van der Waals surface area contributed by atoms with Crippen LogP contribution in [0.2, 0.25) is 0 Å². The van der Waals surface area contributed by atoms with Gasteiger partial charge in [-0.25, -0.2) is 4.79 Å². The molecule has 0 bridgehead atoms. The molecule has 1 heterocycles. The number of β-amino-alcohol motifs (C(OH)–C–C–N with tert-alkyl or cyclic N) is 1. The Balaban J connectivity index is 2.00. The summed E-state index contributed by atoms with van der Waals surface area (Å²) >= 11 is 0. The molecule has 4 nitrogen and oxygen atoms in total. The fraction of sp³-hybridized carbons (Fsp3) is 0.438. The summed E-state index contributed by atoms with van der Waals surface area (Å²) in [6, 6.07) is 7.95. The number of benzene rings is 1. The van der Waals surface area contributed by atoms with Gasteiger partial charge in [0.25, 0.3) is 0 Å². The lowest BCUT2D eigenvalue weighted by atomic mass is 9.87. The Labute approximate surface area is 119 Å². The van der Waals surface area contributed by atoms with Crippen molar-refractivity contribution in [3.8, 4) is 0 Å². The SMILES string of the molecule is CCOC(=O)C=Cc1ccc(C2CCNCC2O)cc1. The Morgan fingerprint density at radius 1 is 1.45 bits per heavy atom. The highest BCUT2D eigenvalue weighted by molar-refractivity contribution is 5.87. The number of piperidine rings is 1.